The highest BCUT2D eigenvalue weighted by atomic mass is 35.5. The molecular weight excluding hydrogens is 462 g/mol. The van der Waals surface area contributed by atoms with E-state index in [0.29, 0.717) is 29.6 Å². The van der Waals surface area contributed by atoms with Crippen molar-refractivity contribution in [1.82, 2.24) is 10.2 Å². The number of anilines is 1. The van der Waals surface area contributed by atoms with Gasteiger partial charge in [0.25, 0.3) is 10.0 Å². The Kier molecular flexibility index (Phi) is 9.41. The van der Waals surface area contributed by atoms with Crippen LogP contribution in [0, 0.1) is 0 Å². The number of hydrogen-bond acceptors (Lipinski definition) is 5. The predicted octanol–water partition coefficient (Wildman–Crippen LogP) is 3.93. The first-order valence-corrected chi connectivity index (χ1v) is 13.2. The Morgan fingerprint density at radius 3 is 2.36 bits per heavy atom. The lowest BCUT2D eigenvalue weighted by Gasteiger charge is -2.26. The fourth-order valence-corrected chi connectivity index (χ4v) is 5.37. The lowest BCUT2D eigenvalue weighted by atomic mass is 10.1. The number of piperidine rings is 1. The second-order valence-electron chi connectivity index (χ2n) is 8.00. The smallest absolute Gasteiger partial charge is 0.264 e. The molecule has 0 aliphatic carbocycles. The van der Waals surface area contributed by atoms with E-state index in [4.69, 9.17) is 16.3 Å². The summed E-state index contributed by atoms with van der Waals surface area (Å²) >= 11 is 5.93. The minimum atomic E-state index is -3.97. The number of nitrogens with one attached hydrogen (secondary N) is 1. The quantitative estimate of drug-likeness (QED) is 0.480. The summed E-state index contributed by atoms with van der Waals surface area (Å²) in [6.45, 7) is 5.73. The maximum Gasteiger partial charge on any atom is 0.264 e. The Balaban J connectivity index is 1.69. The number of sulfonamides is 1. The zero-order valence-corrected chi connectivity index (χ0v) is 20.6. The summed E-state index contributed by atoms with van der Waals surface area (Å²) in [6.07, 6.45) is 4.58. The summed E-state index contributed by atoms with van der Waals surface area (Å²) in [7, 11) is -3.97. The van der Waals surface area contributed by atoms with Crippen LogP contribution in [0.1, 0.15) is 32.6 Å². The number of carbonyl (C=O) groups excluding carboxylic acids is 1. The summed E-state index contributed by atoms with van der Waals surface area (Å²) in [6, 6.07) is 12.6. The Labute approximate surface area is 201 Å². The normalized spacial score (nSPS) is 14.6. The largest absolute Gasteiger partial charge is 0.494 e. The third-order valence-corrected chi connectivity index (χ3v) is 7.59. The van der Waals surface area contributed by atoms with Crippen LogP contribution in [0.15, 0.2) is 53.4 Å². The summed E-state index contributed by atoms with van der Waals surface area (Å²) in [5, 5.41) is 3.31. The number of nitrogens with zero attached hydrogens (tertiary/aromatic N) is 2. The number of hydrogen-bond donors (Lipinski definition) is 1. The lowest BCUT2D eigenvalue weighted by molar-refractivity contribution is -0.119. The standard InChI is InChI=1S/C24H32ClN3O4S/c1-2-32-22-11-9-21(10-12-22)28(33(30,31)23-13-7-20(25)8-14-23)19-24(29)26-15-6-18-27-16-4-3-5-17-27/h7-14H,2-6,15-19H2,1H3,(H,26,29). The van der Waals surface area contributed by atoms with Gasteiger partial charge in [-0.15, -0.1) is 0 Å². The third kappa shape index (κ3) is 7.35. The minimum Gasteiger partial charge on any atom is -0.494 e. The van der Waals surface area contributed by atoms with Crippen molar-refractivity contribution in [2.75, 3.05) is 43.6 Å². The van der Waals surface area contributed by atoms with Gasteiger partial charge in [-0.3, -0.25) is 9.10 Å². The van der Waals surface area contributed by atoms with E-state index in [1.54, 1.807) is 24.3 Å². The molecule has 3 rings (SSSR count). The molecule has 7 nitrogen and oxygen atoms in total. The number of likely N-dealkylation sites (tertiary alicyclic amines) is 1. The van der Waals surface area contributed by atoms with Crippen LogP contribution >= 0.6 is 11.6 Å². The Morgan fingerprint density at radius 2 is 1.73 bits per heavy atom. The monoisotopic (exact) mass is 493 g/mol. The molecule has 0 radical (unpaired) electrons. The van der Waals surface area contributed by atoms with Gasteiger partial charge in [0.15, 0.2) is 0 Å². The third-order valence-electron chi connectivity index (χ3n) is 5.55. The van der Waals surface area contributed by atoms with Gasteiger partial charge < -0.3 is 15.0 Å². The van der Waals surface area contributed by atoms with Crippen molar-refractivity contribution in [1.29, 1.82) is 0 Å². The number of benzene rings is 2. The minimum absolute atomic E-state index is 0.0682. The van der Waals surface area contributed by atoms with Gasteiger partial charge in [-0.25, -0.2) is 8.42 Å². The number of halogens is 1. The van der Waals surface area contributed by atoms with Crippen molar-refractivity contribution < 1.29 is 17.9 Å². The van der Waals surface area contributed by atoms with Crippen LogP contribution < -0.4 is 14.4 Å². The molecule has 1 N–H and O–H groups in total. The van der Waals surface area contributed by atoms with Crippen molar-refractivity contribution in [3.8, 4) is 5.75 Å². The highest BCUT2D eigenvalue weighted by molar-refractivity contribution is 7.92. The second kappa shape index (κ2) is 12.3. The van der Waals surface area contributed by atoms with Crippen LogP contribution in [0.25, 0.3) is 0 Å². The van der Waals surface area contributed by atoms with E-state index in [9.17, 15) is 13.2 Å². The van der Waals surface area contributed by atoms with Gasteiger partial charge in [0.1, 0.15) is 12.3 Å². The Bertz CT molecular complexity index is 991. The summed E-state index contributed by atoms with van der Waals surface area (Å²) in [4.78, 5) is 15.2. The summed E-state index contributed by atoms with van der Waals surface area (Å²) in [5.74, 6) is 0.285. The van der Waals surface area contributed by atoms with Gasteiger partial charge in [0.05, 0.1) is 17.2 Å². The van der Waals surface area contributed by atoms with E-state index in [2.05, 4.69) is 10.2 Å². The maximum atomic E-state index is 13.4. The SMILES string of the molecule is CCOc1ccc(N(CC(=O)NCCCN2CCCCC2)S(=O)(=O)c2ccc(Cl)cc2)cc1. The van der Waals surface area contributed by atoms with Gasteiger partial charge in [-0.05, 0) is 94.4 Å². The first-order chi connectivity index (χ1) is 15.9. The molecule has 1 fully saturated rings. The van der Waals surface area contributed by atoms with E-state index in [1.165, 1.54) is 43.5 Å². The van der Waals surface area contributed by atoms with Gasteiger partial charge in [0, 0.05) is 11.6 Å². The van der Waals surface area contributed by atoms with Crippen LogP contribution in [0.5, 0.6) is 5.75 Å². The molecule has 0 atom stereocenters. The molecule has 9 heteroatoms. The summed E-state index contributed by atoms with van der Waals surface area (Å²) in [5.41, 5.74) is 0.386. The van der Waals surface area contributed by atoms with Crippen molar-refractivity contribution >= 4 is 33.2 Å². The molecule has 2 aromatic carbocycles. The first-order valence-electron chi connectivity index (χ1n) is 11.4. The zero-order chi connectivity index (χ0) is 23.7. The molecule has 0 unspecified atom stereocenters. The topological polar surface area (TPSA) is 79.0 Å². The molecule has 0 saturated carbocycles. The predicted molar refractivity (Wildman–Crippen MR) is 132 cm³/mol. The van der Waals surface area contributed by atoms with Gasteiger partial charge in [-0.1, -0.05) is 18.0 Å². The van der Waals surface area contributed by atoms with Crippen molar-refractivity contribution in [2.24, 2.45) is 0 Å². The zero-order valence-electron chi connectivity index (χ0n) is 19.0. The highest BCUT2D eigenvalue weighted by Gasteiger charge is 2.27. The Morgan fingerprint density at radius 1 is 1.06 bits per heavy atom. The van der Waals surface area contributed by atoms with Crippen LogP contribution in [0.4, 0.5) is 5.69 Å². The number of amides is 1. The molecule has 0 aromatic heterocycles. The fraction of sp³-hybridized carbons (Fsp3) is 0.458. The van der Waals surface area contributed by atoms with Crippen molar-refractivity contribution in [3.63, 3.8) is 0 Å². The van der Waals surface area contributed by atoms with Gasteiger partial charge in [-0.2, -0.15) is 0 Å². The van der Waals surface area contributed by atoms with Crippen molar-refractivity contribution in [3.05, 3.63) is 53.6 Å². The van der Waals surface area contributed by atoms with E-state index in [1.807, 2.05) is 6.92 Å². The molecule has 1 aliphatic heterocycles. The molecule has 1 saturated heterocycles. The fourth-order valence-electron chi connectivity index (χ4n) is 3.82. The van der Waals surface area contributed by atoms with E-state index in [-0.39, 0.29) is 17.3 Å². The molecule has 0 bridgehead atoms. The van der Waals surface area contributed by atoms with Crippen LogP contribution in [0.3, 0.4) is 0 Å². The van der Waals surface area contributed by atoms with Gasteiger partial charge >= 0.3 is 0 Å². The second-order valence-corrected chi connectivity index (χ2v) is 10.3. The molecule has 33 heavy (non-hydrogen) atoms. The highest BCUT2D eigenvalue weighted by Crippen LogP contribution is 2.26. The lowest BCUT2D eigenvalue weighted by Crippen LogP contribution is -2.41. The number of ether oxygens (including phenoxy) is 1. The molecule has 1 aliphatic rings. The van der Waals surface area contributed by atoms with E-state index in [0.717, 1.165) is 30.4 Å². The number of rotatable bonds is 11. The molecule has 0 spiro atoms. The Hall–Kier alpha value is -2.29. The van der Waals surface area contributed by atoms with Crippen LogP contribution in [0.2, 0.25) is 5.02 Å². The molecule has 1 amide bonds. The average Bonchev–Trinajstić information content (AvgIpc) is 2.82. The first kappa shape index (κ1) is 25.3. The van der Waals surface area contributed by atoms with Crippen LogP contribution in [-0.2, 0) is 14.8 Å². The van der Waals surface area contributed by atoms with Crippen LogP contribution in [-0.4, -0.2) is 58.6 Å². The van der Waals surface area contributed by atoms with E-state index >= 15 is 0 Å². The molecule has 2 aromatic rings. The van der Waals surface area contributed by atoms with Crippen molar-refractivity contribution in [2.45, 2.75) is 37.5 Å². The molecular formula is C24H32ClN3O4S. The molecule has 1 heterocycles. The summed E-state index contributed by atoms with van der Waals surface area (Å²) < 4.78 is 33.4. The molecule has 180 valence electrons. The van der Waals surface area contributed by atoms with E-state index < -0.39 is 10.0 Å². The van der Waals surface area contributed by atoms with Gasteiger partial charge in [0.2, 0.25) is 5.91 Å². The maximum absolute atomic E-state index is 13.4. The average molecular weight is 494 g/mol. The number of carbonyl (C=O) groups is 1.